The van der Waals surface area contributed by atoms with E-state index in [0.717, 1.165) is 16.0 Å². The van der Waals surface area contributed by atoms with E-state index >= 15 is 0 Å². The second-order valence-electron chi connectivity index (χ2n) is 5.36. The number of amides is 2. The number of aryl methyl sites for hydroxylation is 1. The molecule has 1 heterocycles. The minimum Gasteiger partial charge on any atom is -0.349 e. The second kappa shape index (κ2) is 9.57. The van der Waals surface area contributed by atoms with Gasteiger partial charge in [0.1, 0.15) is 5.82 Å². The zero-order chi connectivity index (χ0) is 18.2. The van der Waals surface area contributed by atoms with Gasteiger partial charge >= 0.3 is 0 Å². The molecule has 1 aromatic carbocycles. The first kappa shape index (κ1) is 19.5. The Bertz CT molecular complexity index is 733. The predicted octanol–water partition coefficient (Wildman–Crippen LogP) is 2.26. The Labute approximate surface area is 159 Å². The van der Waals surface area contributed by atoms with Gasteiger partial charge in [-0.15, -0.1) is 10.2 Å². The summed E-state index contributed by atoms with van der Waals surface area (Å²) in [7, 11) is 1.86. The van der Waals surface area contributed by atoms with Crippen LogP contribution >= 0.6 is 27.7 Å². The second-order valence-corrected chi connectivity index (χ2v) is 7.38. The summed E-state index contributed by atoms with van der Waals surface area (Å²) in [5.74, 6) is 2.26. The van der Waals surface area contributed by atoms with Crippen molar-refractivity contribution in [2.75, 3.05) is 16.8 Å². The fourth-order valence-corrected chi connectivity index (χ4v) is 2.93. The minimum absolute atomic E-state index is 0.0681. The summed E-state index contributed by atoms with van der Waals surface area (Å²) >= 11 is 4.77. The van der Waals surface area contributed by atoms with Crippen LogP contribution in [0.2, 0.25) is 0 Å². The summed E-state index contributed by atoms with van der Waals surface area (Å²) in [6.45, 7) is 2.21. The number of hydrogen-bond acceptors (Lipinski definition) is 5. The Morgan fingerprint density at radius 2 is 1.92 bits per heavy atom. The summed E-state index contributed by atoms with van der Waals surface area (Å²) in [6.07, 6.45) is 0.354. The molecule has 0 spiro atoms. The number of nitrogens with one attached hydrogen (secondary N) is 2. The number of rotatable bonds is 8. The largest absolute Gasteiger partial charge is 0.349 e. The monoisotopic (exact) mass is 425 g/mol. The first-order valence-corrected chi connectivity index (χ1v) is 9.65. The van der Waals surface area contributed by atoms with Crippen LogP contribution in [-0.4, -0.2) is 38.1 Å². The molecular formula is C16H20BrN5O2S. The van der Waals surface area contributed by atoms with Gasteiger partial charge in [-0.2, -0.15) is 11.8 Å². The van der Waals surface area contributed by atoms with Crippen molar-refractivity contribution in [3.05, 3.63) is 40.4 Å². The molecule has 9 heteroatoms. The fraction of sp³-hybridized carbons (Fsp3) is 0.375. The number of aromatic nitrogens is 3. The van der Waals surface area contributed by atoms with Gasteiger partial charge in [0.15, 0.2) is 5.82 Å². The maximum absolute atomic E-state index is 11.8. The normalized spacial score (nSPS) is 10.5. The molecule has 0 saturated heterocycles. The van der Waals surface area contributed by atoms with E-state index in [9.17, 15) is 9.59 Å². The van der Waals surface area contributed by atoms with Gasteiger partial charge < -0.3 is 15.2 Å². The maximum atomic E-state index is 11.8. The molecule has 134 valence electrons. The molecule has 2 rings (SSSR count). The zero-order valence-corrected chi connectivity index (χ0v) is 16.5. The van der Waals surface area contributed by atoms with Crippen molar-refractivity contribution in [1.82, 2.24) is 20.1 Å². The van der Waals surface area contributed by atoms with E-state index in [-0.39, 0.29) is 11.8 Å². The SMILES string of the molecule is Cc1nnc(CNC(=O)CCSCC(=O)Nc2ccc(Br)cc2)n1C. The van der Waals surface area contributed by atoms with Crippen LogP contribution in [0.3, 0.4) is 0 Å². The third-order valence-electron chi connectivity index (χ3n) is 3.46. The van der Waals surface area contributed by atoms with Gasteiger partial charge in [0, 0.05) is 29.4 Å². The molecule has 1 aromatic heterocycles. The van der Waals surface area contributed by atoms with Crippen molar-refractivity contribution in [3.8, 4) is 0 Å². The van der Waals surface area contributed by atoms with Crippen LogP contribution in [0.4, 0.5) is 5.69 Å². The summed E-state index contributed by atoms with van der Waals surface area (Å²) in [5, 5.41) is 13.5. The summed E-state index contributed by atoms with van der Waals surface area (Å²) in [4.78, 5) is 23.6. The van der Waals surface area contributed by atoms with Crippen LogP contribution in [-0.2, 0) is 23.2 Å². The highest BCUT2D eigenvalue weighted by atomic mass is 79.9. The lowest BCUT2D eigenvalue weighted by atomic mass is 10.3. The summed E-state index contributed by atoms with van der Waals surface area (Å²) in [6, 6.07) is 7.39. The molecule has 2 aromatic rings. The van der Waals surface area contributed by atoms with Crippen LogP contribution in [0.5, 0.6) is 0 Å². The van der Waals surface area contributed by atoms with Gasteiger partial charge in [-0.3, -0.25) is 9.59 Å². The number of anilines is 1. The molecule has 0 radical (unpaired) electrons. The van der Waals surface area contributed by atoms with Crippen molar-refractivity contribution in [2.45, 2.75) is 19.9 Å². The average molecular weight is 426 g/mol. The third kappa shape index (κ3) is 6.50. The van der Waals surface area contributed by atoms with Crippen LogP contribution in [0, 0.1) is 6.92 Å². The molecule has 25 heavy (non-hydrogen) atoms. The Hall–Kier alpha value is -1.87. The molecule has 0 unspecified atom stereocenters. The van der Waals surface area contributed by atoms with Crippen LogP contribution in [0.1, 0.15) is 18.1 Å². The van der Waals surface area contributed by atoms with Crippen molar-refractivity contribution in [3.63, 3.8) is 0 Å². The molecule has 0 atom stereocenters. The van der Waals surface area contributed by atoms with Gasteiger partial charge in [0.05, 0.1) is 12.3 Å². The Balaban J connectivity index is 1.60. The highest BCUT2D eigenvalue weighted by Crippen LogP contribution is 2.14. The standard InChI is InChI=1S/C16H20BrN5O2S/c1-11-20-21-14(22(11)2)9-18-15(23)7-8-25-10-16(24)19-13-5-3-12(17)4-6-13/h3-6H,7-10H2,1-2H3,(H,18,23)(H,19,24). The molecule has 7 nitrogen and oxygen atoms in total. The van der Waals surface area contributed by atoms with Crippen molar-refractivity contribution < 1.29 is 9.59 Å². The van der Waals surface area contributed by atoms with Gasteiger partial charge in [0.25, 0.3) is 0 Å². The van der Waals surface area contributed by atoms with Crippen LogP contribution in [0.15, 0.2) is 28.7 Å². The Morgan fingerprint density at radius 3 is 2.56 bits per heavy atom. The highest BCUT2D eigenvalue weighted by molar-refractivity contribution is 9.10. The smallest absolute Gasteiger partial charge is 0.234 e. The molecule has 0 bridgehead atoms. The minimum atomic E-state index is -0.0812. The molecule has 2 amide bonds. The van der Waals surface area contributed by atoms with E-state index in [4.69, 9.17) is 0 Å². The zero-order valence-electron chi connectivity index (χ0n) is 14.1. The first-order valence-electron chi connectivity index (χ1n) is 7.70. The Kier molecular flexibility index (Phi) is 7.45. The first-order chi connectivity index (χ1) is 12.0. The molecule has 0 fully saturated rings. The molecule has 0 aliphatic heterocycles. The molecule has 0 aliphatic carbocycles. The van der Waals surface area contributed by atoms with E-state index < -0.39 is 0 Å². The number of halogens is 1. The van der Waals surface area contributed by atoms with Crippen LogP contribution < -0.4 is 10.6 Å². The summed E-state index contributed by atoms with van der Waals surface area (Å²) < 4.78 is 2.80. The number of carbonyl (C=O) groups excluding carboxylic acids is 2. The predicted molar refractivity (Wildman–Crippen MR) is 102 cm³/mol. The summed E-state index contributed by atoms with van der Waals surface area (Å²) in [5.41, 5.74) is 0.755. The van der Waals surface area contributed by atoms with Gasteiger partial charge in [-0.1, -0.05) is 15.9 Å². The lowest BCUT2D eigenvalue weighted by Gasteiger charge is -2.06. The van der Waals surface area contributed by atoms with E-state index in [1.807, 2.05) is 42.8 Å². The Morgan fingerprint density at radius 1 is 1.20 bits per heavy atom. The fourth-order valence-electron chi connectivity index (χ4n) is 1.93. The lowest BCUT2D eigenvalue weighted by molar-refractivity contribution is -0.121. The molecule has 2 N–H and O–H groups in total. The van der Waals surface area contributed by atoms with Gasteiger partial charge in [-0.25, -0.2) is 0 Å². The van der Waals surface area contributed by atoms with Crippen LogP contribution in [0.25, 0.3) is 0 Å². The van der Waals surface area contributed by atoms with Gasteiger partial charge in [-0.05, 0) is 31.2 Å². The molecule has 0 aliphatic rings. The maximum Gasteiger partial charge on any atom is 0.234 e. The number of benzene rings is 1. The van der Waals surface area contributed by atoms with E-state index in [1.165, 1.54) is 11.8 Å². The van der Waals surface area contributed by atoms with Crippen molar-refractivity contribution in [2.24, 2.45) is 7.05 Å². The van der Waals surface area contributed by atoms with E-state index in [2.05, 4.69) is 36.8 Å². The topological polar surface area (TPSA) is 88.9 Å². The van der Waals surface area contributed by atoms with Crippen molar-refractivity contribution >= 4 is 45.2 Å². The lowest BCUT2D eigenvalue weighted by Crippen LogP contribution is -2.25. The average Bonchev–Trinajstić information content (AvgIpc) is 2.91. The quantitative estimate of drug-likeness (QED) is 0.633. The van der Waals surface area contributed by atoms with E-state index in [0.29, 0.717) is 30.3 Å². The van der Waals surface area contributed by atoms with E-state index in [1.54, 1.807) is 0 Å². The van der Waals surface area contributed by atoms with Crippen molar-refractivity contribution in [1.29, 1.82) is 0 Å². The molecule has 0 saturated carbocycles. The number of nitrogens with zero attached hydrogens (tertiary/aromatic N) is 3. The highest BCUT2D eigenvalue weighted by Gasteiger charge is 2.08. The third-order valence-corrected chi connectivity index (χ3v) is 4.95. The van der Waals surface area contributed by atoms with Gasteiger partial charge in [0.2, 0.25) is 11.8 Å². The number of carbonyl (C=O) groups is 2. The molecular weight excluding hydrogens is 406 g/mol. The number of hydrogen-bond donors (Lipinski definition) is 2. The number of thioether (sulfide) groups is 1.